The van der Waals surface area contributed by atoms with Crippen molar-refractivity contribution in [3.8, 4) is 22.3 Å². The van der Waals surface area contributed by atoms with Gasteiger partial charge in [0.2, 0.25) is 0 Å². The van der Waals surface area contributed by atoms with Crippen LogP contribution in [0.15, 0.2) is 120 Å². The molecule has 2 amide bonds. The zero-order valence-corrected chi connectivity index (χ0v) is 37.6. The number of alkyl halides is 6. The van der Waals surface area contributed by atoms with Crippen molar-refractivity contribution >= 4 is 41.2 Å². The lowest BCUT2D eigenvalue weighted by atomic mass is 10.0. The fraction of sp³-hybridized carbons (Fsp3) is 0.200. The van der Waals surface area contributed by atoms with Gasteiger partial charge >= 0.3 is 19.9 Å². The molecule has 0 aliphatic rings. The molecule has 0 fully saturated rings. The predicted molar refractivity (Wildman–Crippen MR) is 238 cm³/mol. The van der Waals surface area contributed by atoms with Gasteiger partial charge in [0.05, 0.1) is 65.6 Å². The molecule has 17 nitrogen and oxygen atoms in total. The van der Waals surface area contributed by atoms with E-state index in [1.54, 1.807) is 62.4 Å². The van der Waals surface area contributed by atoms with Crippen LogP contribution in [0.3, 0.4) is 0 Å². The second kappa shape index (κ2) is 17.9. The van der Waals surface area contributed by atoms with Gasteiger partial charge < -0.3 is 19.9 Å². The number of carbonyl (C=O) groups excluding carboxylic acids is 2. The SMILES string of the molecule is CNC(=O)c1cccc([C@@H](C)n2cnc3cc(-c4cnn(OP(C)(=O)On5ncc(-c6ccc7c(=O)n([C@H](C)c8cccc(C(=O)NC)c8)cnc7c6)c5C(F)(F)F)c4C(F)(F)F)ccc3c2=O)c1. The van der Waals surface area contributed by atoms with E-state index < -0.39 is 65.7 Å². The van der Waals surface area contributed by atoms with Crippen molar-refractivity contribution in [2.45, 2.75) is 38.3 Å². The maximum absolute atomic E-state index is 14.8. The lowest BCUT2D eigenvalue weighted by Crippen LogP contribution is -2.26. The largest absolute Gasteiger partial charge is 0.467 e. The molecular formula is C45H37F6N10O7P. The number of hydrogen-bond acceptors (Lipinski definition) is 11. The van der Waals surface area contributed by atoms with Gasteiger partial charge in [-0.25, -0.2) is 14.5 Å². The molecule has 24 heteroatoms. The number of aromatic nitrogens is 8. The van der Waals surface area contributed by atoms with Crippen LogP contribution in [-0.2, 0) is 16.9 Å². The third-order valence-electron chi connectivity index (χ3n) is 11.2. The normalized spacial score (nSPS) is 13.0. The van der Waals surface area contributed by atoms with Crippen LogP contribution in [0.2, 0.25) is 0 Å². The van der Waals surface area contributed by atoms with Gasteiger partial charge in [0.1, 0.15) is 0 Å². The Morgan fingerprint density at radius 2 is 1.01 bits per heavy atom. The highest BCUT2D eigenvalue weighted by Gasteiger charge is 2.44. The number of hydrogen-bond donors (Lipinski definition) is 2. The lowest BCUT2D eigenvalue weighted by Gasteiger charge is -2.19. The highest BCUT2D eigenvalue weighted by Crippen LogP contribution is 2.44. The number of rotatable bonds is 12. The summed E-state index contributed by atoms with van der Waals surface area (Å²) in [6, 6.07) is 19.2. The summed E-state index contributed by atoms with van der Waals surface area (Å²) in [6.07, 6.45) is -6.69. The average molecular weight is 975 g/mol. The van der Waals surface area contributed by atoms with Gasteiger partial charge in [0.15, 0.2) is 11.4 Å². The van der Waals surface area contributed by atoms with Gasteiger partial charge in [-0.3, -0.25) is 28.3 Å². The zero-order valence-electron chi connectivity index (χ0n) is 36.7. The molecule has 0 saturated heterocycles. The van der Waals surface area contributed by atoms with Crippen LogP contribution in [0.1, 0.15) is 69.2 Å². The van der Waals surface area contributed by atoms with Crippen molar-refractivity contribution in [1.29, 1.82) is 0 Å². The van der Waals surface area contributed by atoms with Crippen molar-refractivity contribution in [2.24, 2.45) is 0 Å². The van der Waals surface area contributed by atoms with Gasteiger partial charge in [0.25, 0.3) is 22.9 Å². The molecule has 69 heavy (non-hydrogen) atoms. The van der Waals surface area contributed by atoms with E-state index in [2.05, 4.69) is 30.8 Å². The Bertz CT molecular complexity index is 3290. The van der Waals surface area contributed by atoms with Crippen molar-refractivity contribution in [3.63, 3.8) is 0 Å². The quantitative estimate of drug-likeness (QED) is 0.0928. The van der Waals surface area contributed by atoms with E-state index in [4.69, 9.17) is 9.25 Å². The molecule has 0 radical (unpaired) electrons. The number of carbonyl (C=O) groups is 2. The fourth-order valence-electron chi connectivity index (χ4n) is 7.68. The highest BCUT2D eigenvalue weighted by atomic mass is 31.2. The Hall–Kier alpha value is -8.07. The van der Waals surface area contributed by atoms with E-state index in [-0.39, 0.29) is 54.4 Å². The van der Waals surface area contributed by atoms with Crippen LogP contribution >= 0.6 is 7.60 Å². The van der Waals surface area contributed by atoms with Gasteiger partial charge in [-0.15, -0.1) is 10.2 Å². The van der Waals surface area contributed by atoms with Gasteiger partial charge in [-0.05, 0) is 84.6 Å². The first-order chi connectivity index (χ1) is 32.6. The zero-order chi connectivity index (χ0) is 49.7. The van der Waals surface area contributed by atoms with Crippen LogP contribution < -0.4 is 31.0 Å². The first-order valence-electron chi connectivity index (χ1n) is 20.5. The molecule has 8 aromatic rings. The predicted octanol–water partition coefficient (Wildman–Crippen LogP) is 7.19. The van der Waals surface area contributed by atoms with Crippen LogP contribution in [-0.4, -0.2) is 71.6 Å². The van der Waals surface area contributed by atoms with E-state index in [0.717, 1.165) is 0 Å². The first-order valence-corrected chi connectivity index (χ1v) is 22.5. The molecule has 0 unspecified atom stereocenters. The van der Waals surface area contributed by atoms with E-state index in [0.29, 0.717) is 41.3 Å². The molecule has 0 spiro atoms. The van der Waals surface area contributed by atoms with Crippen LogP contribution in [0.5, 0.6) is 0 Å². The summed E-state index contributed by atoms with van der Waals surface area (Å²) < 4.78 is 115. The second-order valence-electron chi connectivity index (χ2n) is 15.6. The Balaban J connectivity index is 1.06. The molecule has 4 aromatic heterocycles. The summed E-state index contributed by atoms with van der Waals surface area (Å²) in [5.41, 5.74) is -4.01. The van der Waals surface area contributed by atoms with Crippen LogP contribution in [0, 0.1) is 0 Å². The number of nitrogens with one attached hydrogen (secondary N) is 2. The van der Waals surface area contributed by atoms with E-state index >= 15 is 0 Å². The van der Waals surface area contributed by atoms with Gasteiger partial charge in [-0.1, -0.05) is 46.1 Å². The van der Waals surface area contributed by atoms with E-state index in [1.165, 1.54) is 72.3 Å². The standard InChI is InChI=1S/C45H37F6N10O7P/c1-24(26-8-6-10-30(16-26)40(62)52-3)58-22-54-36-18-28(12-14-32(36)42(58)64)34-20-56-60(38(34)44(46,47)48)67-69(5,66)68-61-39(45(49,50)51)35(21-57-61)29-13-15-33-37(19-29)55-23-59(43(33)65)25(2)27-9-7-11-31(17-27)41(63)53-4/h6-25H,1-5H3,(H,52,62)(H,53,63)/t24-,25-/m1/s1. The molecule has 0 aliphatic heterocycles. The van der Waals surface area contributed by atoms with Crippen molar-refractivity contribution in [1.82, 2.24) is 49.6 Å². The molecule has 356 valence electrons. The number of amides is 2. The average Bonchev–Trinajstić information content (AvgIpc) is 3.95. The van der Waals surface area contributed by atoms with Gasteiger partial charge in [-0.2, -0.15) is 26.3 Å². The van der Waals surface area contributed by atoms with Crippen molar-refractivity contribution < 1.29 is 49.7 Å². The molecular weight excluding hydrogens is 938 g/mol. The highest BCUT2D eigenvalue weighted by molar-refractivity contribution is 7.53. The number of halogens is 6. The minimum atomic E-state index is -5.27. The maximum Gasteiger partial charge on any atom is 0.467 e. The van der Waals surface area contributed by atoms with Gasteiger partial charge in [0, 0.05) is 36.3 Å². The maximum atomic E-state index is 14.8. The molecule has 0 aliphatic carbocycles. The monoisotopic (exact) mass is 974 g/mol. The Morgan fingerprint density at radius 3 is 1.38 bits per heavy atom. The van der Waals surface area contributed by atoms with Crippen LogP contribution in [0.25, 0.3) is 44.1 Å². The summed E-state index contributed by atoms with van der Waals surface area (Å²) >= 11 is 0. The molecule has 8 rings (SSSR count). The van der Waals surface area contributed by atoms with Crippen molar-refractivity contribution in [2.75, 3.05) is 20.8 Å². The number of nitrogens with zero attached hydrogens (tertiary/aromatic N) is 8. The number of fused-ring (bicyclic) bond motifs is 2. The number of benzene rings is 4. The molecule has 4 aromatic carbocycles. The third kappa shape index (κ3) is 9.19. The summed E-state index contributed by atoms with van der Waals surface area (Å²) in [5.74, 6) is -0.679. The molecule has 2 atom stereocenters. The summed E-state index contributed by atoms with van der Waals surface area (Å²) in [6.45, 7) is 4.01. The molecule has 2 N–H and O–H groups in total. The molecule has 0 bridgehead atoms. The fourth-order valence-corrected chi connectivity index (χ4v) is 8.51. The first kappa shape index (κ1) is 47.4. The summed E-state index contributed by atoms with van der Waals surface area (Å²) in [7, 11) is -2.09. The minimum Gasteiger partial charge on any atom is -0.355 e. The Kier molecular flexibility index (Phi) is 12.3. The molecule has 0 saturated carbocycles. The van der Waals surface area contributed by atoms with E-state index in [1.807, 2.05) is 0 Å². The van der Waals surface area contributed by atoms with E-state index in [9.17, 15) is 50.1 Å². The smallest absolute Gasteiger partial charge is 0.355 e. The third-order valence-corrected chi connectivity index (χ3v) is 12.1. The summed E-state index contributed by atoms with van der Waals surface area (Å²) in [4.78, 5) is 59.9. The minimum absolute atomic E-state index is 0.00363. The van der Waals surface area contributed by atoms with Crippen molar-refractivity contribution in [3.05, 3.63) is 164 Å². The molecule has 4 heterocycles. The summed E-state index contributed by atoms with van der Waals surface area (Å²) in [5, 5.41) is 12.3. The topological polar surface area (TPSA) is 199 Å². The Morgan fingerprint density at radius 1 is 0.623 bits per heavy atom. The van der Waals surface area contributed by atoms with Crippen LogP contribution in [0.4, 0.5) is 26.3 Å². The lowest BCUT2D eigenvalue weighted by molar-refractivity contribution is -0.150. The second-order valence-corrected chi connectivity index (χ2v) is 17.5. The Labute approximate surface area is 385 Å².